The van der Waals surface area contributed by atoms with Gasteiger partial charge >= 0.3 is 12.1 Å². The highest BCUT2D eigenvalue weighted by Crippen LogP contribution is 2.37. The average molecular weight is 607 g/mol. The molecule has 3 heterocycles. The smallest absolute Gasteiger partial charge is 0.394 e. The number of halogens is 3. The second-order valence-electron chi connectivity index (χ2n) is 10.1. The van der Waals surface area contributed by atoms with E-state index in [0.29, 0.717) is 16.6 Å². The van der Waals surface area contributed by atoms with Crippen molar-refractivity contribution in [3.05, 3.63) is 57.5 Å². The molecule has 0 bridgehead atoms. The lowest BCUT2D eigenvalue weighted by molar-refractivity contribution is -0.386. The predicted octanol–water partition coefficient (Wildman–Crippen LogP) is 2.51. The number of aliphatic hydroxyl groups is 2. The van der Waals surface area contributed by atoms with Gasteiger partial charge in [-0.25, -0.2) is 9.97 Å². The van der Waals surface area contributed by atoms with E-state index in [1.165, 1.54) is 24.5 Å². The van der Waals surface area contributed by atoms with Gasteiger partial charge in [0.15, 0.2) is 0 Å². The number of nitrogens with zero attached hydrogens (tertiary/aromatic N) is 4. The van der Waals surface area contributed by atoms with Crippen molar-refractivity contribution in [3.8, 4) is 11.8 Å². The molecule has 0 unspecified atom stereocenters. The first-order chi connectivity index (χ1) is 20.3. The van der Waals surface area contributed by atoms with Gasteiger partial charge in [0.1, 0.15) is 30.1 Å². The number of aromatic nitrogens is 3. The van der Waals surface area contributed by atoms with Crippen molar-refractivity contribution in [2.45, 2.75) is 57.6 Å². The molecule has 2 aromatic heterocycles. The molecule has 16 heteroatoms. The molecular formula is C27H29F3N6O7. The second kappa shape index (κ2) is 12.9. The molecule has 1 aliphatic heterocycles. The van der Waals surface area contributed by atoms with Crippen LogP contribution in [0.15, 0.2) is 30.7 Å². The van der Waals surface area contributed by atoms with Crippen molar-refractivity contribution in [3.63, 3.8) is 0 Å². The van der Waals surface area contributed by atoms with Crippen LogP contribution in [-0.4, -0.2) is 67.1 Å². The zero-order valence-electron chi connectivity index (χ0n) is 23.0. The fraction of sp³-hybridized carbons (Fsp3) is 0.444. The van der Waals surface area contributed by atoms with Gasteiger partial charge < -0.3 is 35.3 Å². The van der Waals surface area contributed by atoms with Crippen LogP contribution in [0, 0.1) is 27.9 Å². The minimum atomic E-state index is -5.04. The maximum Gasteiger partial charge on any atom is 0.471 e. The van der Waals surface area contributed by atoms with Crippen LogP contribution in [0.2, 0.25) is 0 Å². The van der Waals surface area contributed by atoms with Crippen LogP contribution in [0.25, 0.3) is 11.0 Å². The van der Waals surface area contributed by atoms with Crippen LogP contribution in [0.1, 0.15) is 49.3 Å². The summed E-state index contributed by atoms with van der Waals surface area (Å²) >= 11 is 0. The topological polar surface area (TPSA) is 188 Å². The summed E-state index contributed by atoms with van der Waals surface area (Å²) in [6.45, 7) is 2.61. The summed E-state index contributed by atoms with van der Waals surface area (Å²) in [4.78, 5) is 30.7. The van der Waals surface area contributed by atoms with Gasteiger partial charge in [-0.2, -0.15) is 13.2 Å². The second-order valence-corrected chi connectivity index (χ2v) is 10.1. The molecule has 230 valence electrons. The van der Waals surface area contributed by atoms with Crippen LogP contribution in [0.5, 0.6) is 0 Å². The third kappa shape index (κ3) is 7.03. The first-order valence-corrected chi connectivity index (χ1v) is 13.1. The fourth-order valence-corrected chi connectivity index (χ4v) is 4.78. The molecule has 0 saturated carbocycles. The Morgan fingerprint density at radius 1 is 1.37 bits per heavy atom. The van der Waals surface area contributed by atoms with Gasteiger partial charge in [-0.1, -0.05) is 25.7 Å². The van der Waals surface area contributed by atoms with E-state index in [9.17, 15) is 38.3 Å². The van der Waals surface area contributed by atoms with Crippen LogP contribution in [0.3, 0.4) is 0 Å². The third-order valence-corrected chi connectivity index (χ3v) is 6.80. The Morgan fingerprint density at radius 2 is 2.12 bits per heavy atom. The number of nitrogen functional groups attached to an aromatic ring is 1. The number of nitrogens with two attached hydrogens (primary N) is 1. The number of amides is 1. The Hall–Kier alpha value is -4.30. The van der Waals surface area contributed by atoms with E-state index in [-0.39, 0.29) is 48.2 Å². The molecule has 1 aliphatic rings. The highest BCUT2D eigenvalue weighted by atomic mass is 19.4. The Bertz CT molecular complexity index is 1570. The molecule has 13 nitrogen and oxygen atoms in total. The van der Waals surface area contributed by atoms with Crippen LogP contribution < -0.4 is 11.1 Å². The first kappa shape index (κ1) is 31.6. The summed E-state index contributed by atoms with van der Waals surface area (Å²) < 4.78 is 50.6. The predicted molar refractivity (Wildman–Crippen MR) is 145 cm³/mol. The van der Waals surface area contributed by atoms with E-state index in [4.69, 9.17) is 15.2 Å². The van der Waals surface area contributed by atoms with Gasteiger partial charge in [0.2, 0.25) is 0 Å². The monoisotopic (exact) mass is 606 g/mol. The molecule has 5 N–H and O–H groups in total. The number of nitro groups is 1. The van der Waals surface area contributed by atoms with E-state index in [2.05, 4.69) is 21.8 Å². The highest BCUT2D eigenvalue weighted by molar-refractivity contribution is 5.89. The molecule has 1 saturated heterocycles. The molecule has 1 aromatic carbocycles. The van der Waals surface area contributed by atoms with Crippen LogP contribution in [-0.2, 0) is 20.9 Å². The van der Waals surface area contributed by atoms with Gasteiger partial charge in [-0.15, -0.1) is 0 Å². The molecule has 1 amide bonds. The van der Waals surface area contributed by atoms with E-state index in [0.717, 1.165) is 0 Å². The number of aliphatic hydroxyl groups excluding tert-OH is 2. The Morgan fingerprint density at radius 3 is 2.74 bits per heavy atom. The molecular weight excluding hydrogens is 577 g/mol. The number of nitrogens with one attached hydrogen (secondary N) is 1. The number of benzene rings is 1. The summed E-state index contributed by atoms with van der Waals surface area (Å²) in [6.07, 6.45) is -4.95. The fourth-order valence-electron chi connectivity index (χ4n) is 4.78. The molecule has 3 aromatic rings. The van der Waals surface area contributed by atoms with E-state index < -0.39 is 48.1 Å². The Kier molecular flexibility index (Phi) is 9.50. The van der Waals surface area contributed by atoms with E-state index in [1.54, 1.807) is 16.1 Å². The summed E-state index contributed by atoms with van der Waals surface area (Å²) in [5, 5.41) is 33.8. The quantitative estimate of drug-likeness (QED) is 0.160. The number of rotatable bonds is 9. The maximum absolute atomic E-state index is 12.3. The minimum absolute atomic E-state index is 0.0553. The van der Waals surface area contributed by atoms with Gasteiger partial charge in [0.25, 0.3) is 5.69 Å². The standard InChI is InChI=1S/C27H29F3N6O7/c1-14(2)23(17-6-5-15(8-18(17)36(40)41)4-3-7-32-26(39)27(28,29)30)42-12-16-10-35(21-9-19(38)20(11-37)43-21)25-22(16)24(31)33-13-34-25/h5-6,8,10,13-14,19-21,23,37-38H,7,9,11-12H2,1-2H3,(H,32,39)(H2,31,33,34)/t19-,20-,21-,23-/m1/s1. The average Bonchev–Trinajstić information content (AvgIpc) is 3.51. The zero-order chi connectivity index (χ0) is 31.5. The SMILES string of the molecule is CC(C)[C@@H](OCc1cn([C@H]2C[C@@H](O)[C@@H](CO)O2)c2ncnc(N)c12)c1ccc(C#CCNC(=O)C(F)(F)F)cc1[N+](=O)[O-]. The Labute approximate surface area is 243 Å². The lowest BCUT2D eigenvalue weighted by Gasteiger charge is -2.22. The summed E-state index contributed by atoms with van der Waals surface area (Å²) in [6, 6.07) is 4.12. The number of fused-ring (bicyclic) bond motifs is 1. The number of carbonyl (C=O) groups is 1. The lowest BCUT2D eigenvalue weighted by atomic mass is 9.96. The normalized spacial score (nSPS) is 19.3. The van der Waals surface area contributed by atoms with E-state index in [1.807, 2.05) is 13.8 Å². The van der Waals surface area contributed by atoms with Gasteiger partial charge in [-0.3, -0.25) is 14.9 Å². The van der Waals surface area contributed by atoms with Crippen molar-refractivity contribution < 1.29 is 42.6 Å². The number of carbonyl (C=O) groups excluding carboxylic acids is 1. The van der Waals surface area contributed by atoms with Crippen molar-refractivity contribution >= 4 is 28.4 Å². The van der Waals surface area contributed by atoms with Crippen LogP contribution in [0.4, 0.5) is 24.7 Å². The third-order valence-electron chi connectivity index (χ3n) is 6.80. The maximum atomic E-state index is 12.3. The molecule has 4 atom stereocenters. The molecule has 43 heavy (non-hydrogen) atoms. The Balaban J connectivity index is 1.58. The minimum Gasteiger partial charge on any atom is -0.394 e. The van der Waals surface area contributed by atoms with Gasteiger partial charge in [-0.05, 0) is 18.1 Å². The molecule has 1 fully saturated rings. The van der Waals surface area contributed by atoms with E-state index >= 15 is 0 Å². The molecule has 0 spiro atoms. The number of ether oxygens (including phenoxy) is 2. The highest BCUT2D eigenvalue weighted by Gasteiger charge is 2.38. The van der Waals surface area contributed by atoms with Crippen molar-refractivity contribution in [1.82, 2.24) is 19.9 Å². The number of nitro benzene ring substituents is 1. The lowest BCUT2D eigenvalue weighted by Crippen LogP contribution is -2.36. The van der Waals surface area contributed by atoms with Crippen molar-refractivity contribution in [2.75, 3.05) is 18.9 Å². The zero-order valence-corrected chi connectivity index (χ0v) is 23.0. The largest absolute Gasteiger partial charge is 0.471 e. The molecule has 0 radical (unpaired) electrons. The van der Waals surface area contributed by atoms with Crippen molar-refractivity contribution in [1.29, 1.82) is 0 Å². The number of alkyl halides is 3. The van der Waals surface area contributed by atoms with Gasteiger partial charge in [0, 0.05) is 29.8 Å². The molecule has 4 rings (SSSR count). The number of anilines is 1. The summed E-state index contributed by atoms with van der Waals surface area (Å²) in [5.41, 5.74) is 7.25. The summed E-state index contributed by atoms with van der Waals surface area (Å²) in [5.74, 6) is 2.64. The van der Waals surface area contributed by atoms with Gasteiger partial charge in [0.05, 0.1) is 47.8 Å². The van der Waals surface area contributed by atoms with Crippen LogP contribution >= 0.6 is 0 Å². The number of hydrogen-bond acceptors (Lipinski definition) is 10. The number of hydrogen-bond donors (Lipinski definition) is 4. The molecule has 0 aliphatic carbocycles. The summed E-state index contributed by atoms with van der Waals surface area (Å²) in [7, 11) is 0. The first-order valence-electron chi connectivity index (χ1n) is 13.1. The van der Waals surface area contributed by atoms with Crippen molar-refractivity contribution in [2.24, 2.45) is 5.92 Å².